The van der Waals surface area contributed by atoms with Crippen LogP contribution in [0.2, 0.25) is 0 Å². The van der Waals surface area contributed by atoms with Crippen LogP contribution in [0.1, 0.15) is 25.7 Å². The molecule has 1 rings (SSSR count). The van der Waals surface area contributed by atoms with Crippen molar-refractivity contribution in [3.05, 3.63) is 0 Å². The third-order valence-corrected chi connectivity index (χ3v) is 1.76. The maximum atomic E-state index is 5.65. The fourth-order valence-electron chi connectivity index (χ4n) is 1.27. The van der Waals surface area contributed by atoms with Gasteiger partial charge < -0.3 is 11.5 Å². The second kappa shape index (κ2) is 6.23. The monoisotopic (exact) mass is 186 g/mol. The molecule has 0 unspecified atom stereocenters. The first-order valence-electron chi connectivity index (χ1n) is 3.30. The van der Waals surface area contributed by atoms with Crippen LogP contribution in [-0.4, -0.2) is 12.1 Å². The van der Waals surface area contributed by atoms with E-state index in [9.17, 15) is 0 Å². The second-order valence-corrected chi connectivity index (χ2v) is 2.69. The minimum absolute atomic E-state index is 0. The molecule has 0 spiro atoms. The van der Waals surface area contributed by atoms with Crippen molar-refractivity contribution in [1.29, 1.82) is 0 Å². The molecule has 2 atom stereocenters. The molecule has 0 saturated heterocycles. The minimum atomic E-state index is 0. The molecule has 0 heterocycles. The SMILES string of the molecule is Cl.Cl.N[C@@H]1CCC[C@H](N)C1. The molecular weight excluding hydrogens is 171 g/mol. The first kappa shape index (κ1) is 13.1. The molecule has 0 radical (unpaired) electrons. The van der Waals surface area contributed by atoms with Gasteiger partial charge in [0.25, 0.3) is 0 Å². The van der Waals surface area contributed by atoms with Crippen LogP contribution >= 0.6 is 24.8 Å². The van der Waals surface area contributed by atoms with E-state index in [1.165, 1.54) is 19.3 Å². The fraction of sp³-hybridized carbons (Fsp3) is 1.00. The lowest BCUT2D eigenvalue weighted by Crippen LogP contribution is -2.35. The highest BCUT2D eigenvalue weighted by Crippen LogP contribution is 2.14. The first-order chi connectivity index (χ1) is 3.79. The van der Waals surface area contributed by atoms with Crippen LogP contribution in [0.5, 0.6) is 0 Å². The average Bonchev–Trinajstić information content (AvgIpc) is 1.64. The van der Waals surface area contributed by atoms with Gasteiger partial charge in [-0.3, -0.25) is 0 Å². The number of halogens is 2. The molecule has 1 fully saturated rings. The number of hydrogen-bond acceptors (Lipinski definition) is 2. The quantitative estimate of drug-likeness (QED) is 0.595. The Balaban J connectivity index is 0. The van der Waals surface area contributed by atoms with Crippen molar-refractivity contribution in [2.45, 2.75) is 37.8 Å². The Morgan fingerprint density at radius 2 is 1.30 bits per heavy atom. The summed E-state index contributed by atoms with van der Waals surface area (Å²) in [5.74, 6) is 0. The zero-order valence-corrected chi connectivity index (χ0v) is 7.59. The molecule has 2 nitrogen and oxygen atoms in total. The van der Waals surface area contributed by atoms with Crippen LogP contribution in [0.25, 0.3) is 0 Å². The molecule has 0 aromatic carbocycles. The van der Waals surface area contributed by atoms with E-state index in [4.69, 9.17) is 11.5 Å². The molecule has 0 aliphatic heterocycles. The van der Waals surface area contributed by atoms with Crippen LogP contribution in [0.3, 0.4) is 0 Å². The van der Waals surface area contributed by atoms with Gasteiger partial charge in [0.05, 0.1) is 0 Å². The standard InChI is InChI=1S/C6H14N2.2ClH/c7-5-2-1-3-6(8)4-5;;/h5-6H,1-4,7-8H2;2*1H/t5-,6+;;. The Labute approximate surface area is 74.5 Å². The predicted molar refractivity (Wildman–Crippen MR) is 48.9 cm³/mol. The van der Waals surface area contributed by atoms with Crippen molar-refractivity contribution >= 4 is 24.8 Å². The van der Waals surface area contributed by atoms with Gasteiger partial charge in [-0.25, -0.2) is 0 Å². The minimum Gasteiger partial charge on any atom is -0.328 e. The molecule has 4 N–H and O–H groups in total. The van der Waals surface area contributed by atoms with E-state index in [0.717, 1.165) is 6.42 Å². The van der Waals surface area contributed by atoms with Gasteiger partial charge in [0, 0.05) is 12.1 Å². The van der Waals surface area contributed by atoms with Gasteiger partial charge in [0.1, 0.15) is 0 Å². The Morgan fingerprint density at radius 1 is 0.900 bits per heavy atom. The zero-order valence-electron chi connectivity index (χ0n) is 5.95. The average molecular weight is 187 g/mol. The summed E-state index contributed by atoms with van der Waals surface area (Å²) in [6.07, 6.45) is 4.60. The summed E-state index contributed by atoms with van der Waals surface area (Å²) >= 11 is 0. The molecule has 10 heavy (non-hydrogen) atoms. The summed E-state index contributed by atoms with van der Waals surface area (Å²) in [5.41, 5.74) is 11.3. The van der Waals surface area contributed by atoms with Crippen LogP contribution in [0.4, 0.5) is 0 Å². The number of nitrogens with two attached hydrogens (primary N) is 2. The van der Waals surface area contributed by atoms with E-state index in [1.807, 2.05) is 0 Å². The first-order valence-corrected chi connectivity index (χ1v) is 3.30. The molecule has 4 heteroatoms. The predicted octanol–water partition coefficient (Wildman–Crippen LogP) is 1.06. The summed E-state index contributed by atoms with van der Waals surface area (Å²) < 4.78 is 0. The van der Waals surface area contributed by atoms with Crippen molar-refractivity contribution in [1.82, 2.24) is 0 Å². The Kier molecular flexibility index (Phi) is 8.17. The van der Waals surface area contributed by atoms with Crippen LogP contribution < -0.4 is 11.5 Å². The van der Waals surface area contributed by atoms with E-state index >= 15 is 0 Å². The van der Waals surface area contributed by atoms with Crippen LogP contribution in [0, 0.1) is 0 Å². The van der Waals surface area contributed by atoms with Crippen molar-refractivity contribution < 1.29 is 0 Å². The van der Waals surface area contributed by atoms with Crippen molar-refractivity contribution in [2.75, 3.05) is 0 Å². The highest BCUT2D eigenvalue weighted by Gasteiger charge is 2.14. The topological polar surface area (TPSA) is 52.0 Å². The maximum absolute atomic E-state index is 5.65. The van der Waals surface area contributed by atoms with Crippen LogP contribution in [-0.2, 0) is 0 Å². The van der Waals surface area contributed by atoms with E-state index in [1.54, 1.807) is 0 Å². The third-order valence-electron chi connectivity index (χ3n) is 1.76. The summed E-state index contributed by atoms with van der Waals surface area (Å²) in [4.78, 5) is 0. The molecule has 0 bridgehead atoms. The summed E-state index contributed by atoms with van der Waals surface area (Å²) in [7, 11) is 0. The zero-order chi connectivity index (χ0) is 5.98. The maximum Gasteiger partial charge on any atom is 0.00535 e. The van der Waals surface area contributed by atoms with Crippen molar-refractivity contribution in [3.8, 4) is 0 Å². The molecule has 0 aromatic rings. The van der Waals surface area contributed by atoms with E-state index in [2.05, 4.69) is 0 Å². The Bertz CT molecular complexity index is 72.1. The van der Waals surface area contributed by atoms with Gasteiger partial charge >= 0.3 is 0 Å². The summed E-state index contributed by atoms with van der Waals surface area (Å²) in [6.45, 7) is 0. The van der Waals surface area contributed by atoms with Crippen molar-refractivity contribution in [3.63, 3.8) is 0 Å². The van der Waals surface area contributed by atoms with Gasteiger partial charge in [0.2, 0.25) is 0 Å². The van der Waals surface area contributed by atoms with Gasteiger partial charge in [-0.15, -0.1) is 24.8 Å². The highest BCUT2D eigenvalue weighted by molar-refractivity contribution is 5.85. The van der Waals surface area contributed by atoms with Crippen molar-refractivity contribution in [2.24, 2.45) is 11.5 Å². The van der Waals surface area contributed by atoms with Crippen LogP contribution in [0.15, 0.2) is 0 Å². The van der Waals surface area contributed by atoms with E-state index in [0.29, 0.717) is 12.1 Å². The smallest absolute Gasteiger partial charge is 0.00535 e. The lowest BCUT2D eigenvalue weighted by molar-refractivity contribution is 0.392. The molecule has 1 aliphatic rings. The highest BCUT2D eigenvalue weighted by atomic mass is 35.5. The normalized spacial score (nSPS) is 31.8. The second-order valence-electron chi connectivity index (χ2n) is 2.69. The molecule has 1 aliphatic carbocycles. The Hall–Kier alpha value is 0.500. The Morgan fingerprint density at radius 3 is 1.50 bits per heavy atom. The third kappa shape index (κ3) is 4.34. The van der Waals surface area contributed by atoms with Gasteiger partial charge in [-0.2, -0.15) is 0 Å². The van der Waals surface area contributed by atoms with E-state index < -0.39 is 0 Å². The molecule has 0 amide bonds. The lowest BCUT2D eigenvalue weighted by Gasteiger charge is -2.22. The van der Waals surface area contributed by atoms with Gasteiger partial charge in [-0.05, 0) is 19.3 Å². The molecule has 1 saturated carbocycles. The lowest BCUT2D eigenvalue weighted by atomic mass is 9.92. The summed E-state index contributed by atoms with van der Waals surface area (Å²) in [5, 5.41) is 0. The molecule has 64 valence electrons. The largest absolute Gasteiger partial charge is 0.328 e. The van der Waals surface area contributed by atoms with Gasteiger partial charge in [0.15, 0.2) is 0 Å². The number of rotatable bonds is 0. The molecule has 0 aromatic heterocycles. The number of hydrogen-bond donors (Lipinski definition) is 2. The molecular formula is C6H16Cl2N2. The fourth-order valence-corrected chi connectivity index (χ4v) is 1.27. The van der Waals surface area contributed by atoms with Gasteiger partial charge in [-0.1, -0.05) is 6.42 Å². The van der Waals surface area contributed by atoms with E-state index in [-0.39, 0.29) is 24.8 Å². The summed E-state index contributed by atoms with van der Waals surface area (Å²) in [6, 6.07) is 0.775.